The predicted molar refractivity (Wildman–Crippen MR) is 113 cm³/mol. The zero-order valence-corrected chi connectivity index (χ0v) is 17.5. The van der Waals surface area contributed by atoms with Gasteiger partial charge in [0, 0.05) is 24.3 Å². The molecule has 1 heterocycles. The number of carbonyl (C=O) groups is 4. The van der Waals surface area contributed by atoms with E-state index in [1.807, 2.05) is 48.5 Å². The SMILES string of the molecule is O=C(N[C@H](CSCc1ccccc1)C(=O)ON1C(=O)CCC1=O)OCc1ccccc1. The van der Waals surface area contributed by atoms with Crippen LogP contribution in [-0.2, 0) is 36.3 Å². The van der Waals surface area contributed by atoms with E-state index in [-0.39, 0.29) is 25.2 Å². The number of ether oxygens (including phenoxy) is 1. The molecule has 162 valence electrons. The lowest BCUT2D eigenvalue weighted by Gasteiger charge is -2.20. The molecule has 1 aliphatic heterocycles. The van der Waals surface area contributed by atoms with Crippen molar-refractivity contribution in [3.05, 3.63) is 71.8 Å². The van der Waals surface area contributed by atoms with Gasteiger partial charge in [-0.2, -0.15) is 11.8 Å². The van der Waals surface area contributed by atoms with E-state index in [1.165, 1.54) is 11.8 Å². The molecule has 9 heteroatoms. The molecule has 0 aromatic heterocycles. The Bertz CT molecular complexity index is 906. The molecule has 1 N–H and O–H groups in total. The topological polar surface area (TPSA) is 102 Å². The number of nitrogens with zero attached hydrogens (tertiary/aromatic N) is 1. The minimum atomic E-state index is -1.10. The average Bonchev–Trinajstić information content (AvgIpc) is 3.10. The Morgan fingerprint density at radius 2 is 1.52 bits per heavy atom. The number of amides is 3. The first-order valence-corrected chi connectivity index (χ1v) is 10.8. The number of benzene rings is 2. The molecule has 2 aromatic rings. The second-order valence-electron chi connectivity index (χ2n) is 6.75. The van der Waals surface area contributed by atoms with Crippen LogP contribution >= 0.6 is 11.8 Å². The van der Waals surface area contributed by atoms with E-state index in [0.717, 1.165) is 11.1 Å². The lowest BCUT2D eigenvalue weighted by molar-refractivity contribution is -0.198. The fourth-order valence-corrected chi connectivity index (χ4v) is 3.76. The third kappa shape index (κ3) is 6.85. The monoisotopic (exact) mass is 442 g/mol. The minimum Gasteiger partial charge on any atom is -0.445 e. The molecule has 1 aliphatic rings. The van der Waals surface area contributed by atoms with E-state index >= 15 is 0 Å². The summed E-state index contributed by atoms with van der Waals surface area (Å²) in [6.45, 7) is 0.0364. The van der Waals surface area contributed by atoms with E-state index in [2.05, 4.69) is 5.32 Å². The van der Waals surface area contributed by atoms with Gasteiger partial charge in [0.2, 0.25) is 0 Å². The largest absolute Gasteiger partial charge is 0.445 e. The number of hydroxylamine groups is 2. The van der Waals surface area contributed by atoms with Crippen molar-refractivity contribution in [2.75, 3.05) is 5.75 Å². The van der Waals surface area contributed by atoms with Crippen molar-refractivity contribution in [2.24, 2.45) is 0 Å². The third-order valence-electron chi connectivity index (χ3n) is 4.37. The number of rotatable bonds is 9. The van der Waals surface area contributed by atoms with Gasteiger partial charge in [-0.15, -0.1) is 5.06 Å². The standard InChI is InChI=1S/C22H22N2O6S/c25-19-11-12-20(26)24(19)30-21(27)18(15-31-14-17-9-5-2-6-10-17)23-22(28)29-13-16-7-3-1-4-8-16/h1-10,18H,11-15H2,(H,23,28)/t18-/m1/s1. The maximum absolute atomic E-state index is 12.6. The van der Waals surface area contributed by atoms with Crippen molar-refractivity contribution in [1.82, 2.24) is 10.4 Å². The lowest BCUT2D eigenvalue weighted by atomic mass is 10.2. The zero-order chi connectivity index (χ0) is 22.1. The highest BCUT2D eigenvalue weighted by Gasteiger charge is 2.35. The first-order valence-electron chi connectivity index (χ1n) is 9.69. The maximum atomic E-state index is 12.6. The van der Waals surface area contributed by atoms with Gasteiger partial charge in [-0.1, -0.05) is 60.7 Å². The first kappa shape index (κ1) is 22.4. The van der Waals surface area contributed by atoms with E-state index in [1.54, 1.807) is 12.1 Å². The molecule has 0 unspecified atom stereocenters. The Kier molecular flexibility index (Phi) is 8.05. The molecule has 1 saturated heterocycles. The lowest BCUT2D eigenvalue weighted by Crippen LogP contribution is -2.47. The smallest absolute Gasteiger partial charge is 0.408 e. The second kappa shape index (κ2) is 11.2. The number of carbonyl (C=O) groups excluding carboxylic acids is 4. The van der Waals surface area contributed by atoms with Gasteiger partial charge in [0.25, 0.3) is 11.8 Å². The molecule has 0 spiro atoms. The summed E-state index contributed by atoms with van der Waals surface area (Å²) in [5.74, 6) is -1.29. The summed E-state index contributed by atoms with van der Waals surface area (Å²) in [5, 5.41) is 2.94. The summed E-state index contributed by atoms with van der Waals surface area (Å²) in [7, 11) is 0. The highest BCUT2D eigenvalue weighted by molar-refractivity contribution is 7.98. The van der Waals surface area contributed by atoms with Crippen LogP contribution in [0.2, 0.25) is 0 Å². The Balaban J connectivity index is 1.58. The molecule has 1 atom stereocenters. The third-order valence-corrected chi connectivity index (χ3v) is 5.48. The molecule has 3 rings (SSSR count). The van der Waals surface area contributed by atoms with Crippen molar-refractivity contribution in [1.29, 1.82) is 0 Å². The van der Waals surface area contributed by atoms with Crippen LogP contribution in [-0.4, -0.2) is 40.7 Å². The summed E-state index contributed by atoms with van der Waals surface area (Å²) in [5.41, 5.74) is 1.85. The van der Waals surface area contributed by atoms with Crippen LogP contribution < -0.4 is 5.32 Å². The molecular weight excluding hydrogens is 420 g/mol. The molecule has 2 aromatic carbocycles. The molecule has 8 nitrogen and oxygen atoms in total. The van der Waals surface area contributed by atoms with Crippen LogP contribution in [0.5, 0.6) is 0 Å². The number of hydrogen-bond donors (Lipinski definition) is 1. The Morgan fingerprint density at radius 1 is 0.935 bits per heavy atom. The van der Waals surface area contributed by atoms with Crippen molar-refractivity contribution >= 4 is 35.6 Å². The molecule has 0 radical (unpaired) electrons. The molecule has 3 amide bonds. The highest BCUT2D eigenvalue weighted by Crippen LogP contribution is 2.16. The highest BCUT2D eigenvalue weighted by atomic mass is 32.2. The number of imide groups is 1. The summed E-state index contributed by atoms with van der Waals surface area (Å²) < 4.78 is 5.17. The van der Waals surface area contributed by atoms with Gasteiger partial charge in [-0.05, 0) is 11.1 Å². The van der Waals surface area contributed by atoms with Crippen molar-refractivity contribution in [3.8, 4) is 0 Å². The first-order chi connectivity index (χ1) is 15.0. The number of nitrogens with one attached hydrogen (secondary N) is 1. The molecular formula is C22H22N2O6S. The van der Waals surface area contributed by atoms with Gasteiger partial charge in [0.15, 0.2) is 0 Å². The average molecular weight is 442 g/mol. The molecule has 31 heavy (non-hydrogen) atoms. The van der Waals surface area contributed by atoms with Crippen molar-refractivity contribution < 1.29 is 28.8 Å². The van der Waals surface area contributed by atoms with Crippen LogP contribution in [0.3, 0.4) is 0 Å². The number of thioether (sulfide) groups is 1. The summed E-state index contributed by atoms with van der Waals surface area (Å²) in [6, 6.07) is 17.6. The Hall–Kier alpha value is -3.33. The number of alkyl carbamates (subject to hydrolysis) is 1. The summed E-state index contributed by atoms with van der Waals surface area (Å²) >= 11 is 1.40. The molecule has 0 saturated carbocycles. The van der Waals surface area contributed by atoms with E-state index < -0.39 is 29.9 Å². The van der Waals surface area contributed by atoms with Crippen LogP contribution in [0.15, 0.2) is 60.7 Å². The van der Waals surface area contributed by atoms with Gasteiger partial charge in [0.1, 0.15) is 12.6 Å². The number of hydrogen-bond acceptors (Lipinski definition) is 7. The zero-order valence-electron chi connectivity index (χ0n) is 16.7. The Labute approximate surface area is 183 Å². The summed E-state index contributed by atoms with van der Waals surface area (Å²) in [6.07, 6.45) is -0.816. The van der Waals surface area contributed by atoms with Gasteiger partial charge in [0.05, 0.1) is 0 Å². The maximum Gasteiger partial charge on any atom is 0.408 e. The fraction of sp³-hybridized carbons (Fsp3) is 0.273. The van der Waals surface area contributed by atoms with Crippen LogP contribution in [0.1, 0.15) is 24.0 Å². The van der Waals surface area contributed by atoms with Crippen LogP contribution in [0, 0.1) is 0 Å². The van der Waals surface area contributed by atoms with Crippen molar-refractivity contribution in [2.45, 2.75) is 31.2 Å². The van der Waals surface area contributed by atoms with E-state index in [0.29, 0.717) is 10.8 Å². The van der Waals surface area contributed by atoms with E-state index in [9.17, 15) is 19.2 Å². The van der Waals surface area contributed by atoms with Crippen molar-refractivity contribution in [3.63, 3.8) is 0 Å². The molecule has 0 aliphatic carbocycles. The Morgan fingerprint density at radius 3 is 2.13 bits per heavy atom. The van der Waals surface area contributed by atoms with Gasteiger partial charge in [-0.25, -0.2) is 9.59 Å². The van der Waals surface area contributed by atoms with Gasteiger partial charge >= 0.3 is 12.1 Å². The fourth-order valence-electron chi connectivity index (χ4n) is 2.76. The van der Waals surface area contributed by atoms with E-state index in [4.69, 9.17) is 9.57 Å². The molecule has 1 fully saturated rings. The quantitative estimate of drug-likeness (QED) is 0.596. The molecule has 0 bridgehead atoms. The summed E-state index contributed by atoms with van der Waals surface area (Å²) in [4.78, 5) is 53.3. The van der Waals surface area contributed by atoms with Crippen LogP contribution in [0.25, 0.3) is 0 Å². The second-order valence-corrected chi connectivity index (χ2v) is 7.78. The van der Waals surface area contributed by atoms with Gasteiger partial charge < -0.3 is 14.9 Å². The van der Waals surface area contributed by atoms with Crippen LogP contribution in [0.4, 0.5) is 4.79 Å². The minimum absolute atomic E-state index is 0.00785. The normalized spacial score (nSPS) is 14.3. The predicted octanol–water partition coefficient (Wildman–Crippen LogP) is 2.82. The van der Waals surface area contributed by atoms with Gasteiger partial charge in [-0.3, -0.25) is 9.59 Å².